The van der Waals surface area contributed by atoms with E-state index in [4.69, 9.17) is 9.07 Å². The summed E-state index contributed by atoms with van der Waals surface area (Å²) in [5, 5.41) is 22.0. The molecule has 2 saturated heterocycles. The zero-order valence-corrected chi connectivity index (χ0v) is 22.9. The van der Waals surface area contributed by atoms with E-state index in [0.717, 1.165) is 41.9 Å². The van der Waals surface area contributed by atoms with Crippen LogP contribution in [0.4, 0.5) is 0 Å². The zero-order valence-electron chi connectivity index (χ0n) is 22.1. The number of thiophene rings is 1. The van der Waals surface area contributed by atoms with Crippen LogP contribution in [0.15, 0.2) is 50.8 Å². The van der Waals surface area contributed by atoms with Gasteiger partial charge in [0.2, 0.25) is 11.8 Å². The molecule has 2 aromatic rings. The van der Waals surface area contributed by atoms with Crippen molar-refractivity contribution in [3.05, 3.63) is 62.8 Å². The first kappa shape index (κ1) is 27.1. The van der Waals surface area contributed by atoms with Crippen LogP contribution >= 0.6 is 11.3 Å². The molecule has 2 fully saturated rings. The molecule has 2 aliphatic heterocycles. The third-order valence-electron chi connectivity index (χ3n) is 8.20. The third kappa shape index (κ3) is 5.34. The van der Waals surface area contributed by atoms with E-state index in [1.807, 2.05) is 29.7 Å². The minimum Gasteiger partial charge on any atom is -0.459 e. The van der Waals surface area contributed by atoms with Crippen LogP contribution in [0, 0.1) is 17.8 Å². The maximum atomic E-state index is 13.6. The Morgan fingerprint density at radius 2 is 2.03 bits per heavy atom. The highest BCUT2D eigenvalue weighted by molar-refractivity contribution is 7.09. The number of aliphatic hydroxyl groups excluding tert-OH is 1. The lowest BCUT2D eigenvalue weighted by Gasteiger charge is -2.43. The Kier molecular flexibility index (Phi) is 8.38. The molecule has 7 nitrogen and oxygen atoms in total. The molecule has 0 spiro atoms. The van der Waals surface area contributed by atoms with Crippen LogP contribution < -0.4 is 0 Å². The van der Waals surface area contributed by atoms with Crippen molar-refractivity contribution in [2.75, 3.05) is 0 Å². The average Bonchev–Trinajstić information content (AvgIpc) is 3.64. The van der Waals surface area contributed by atoms with Gasteiger partial charge in [0.05, 0.1) is 24.5 Å². The fourth-order valence-electron chi connectivity index (χ4n) is 6.55. The highest BCUT2D eigenvalue weighted by atomic mass is 32.1. The average molecular weight is 537 g/mol. The van der Waals surface area contributed by atoms with E-state index in [-0.39, 0.29) is 36.4 Å². The van der Waals surface area contributed by atoms with Crippen LogP contribution in [0.1, 0.15) is 68.8 Å². The largest absolute Gasteiger partial charge is 0.459 e. The van der Waals surface area contributed by atoms with Crippen molar-refractivity contribution in [2.45, 2.75) is 77.9 Å². The van der Waals surface area contributed by atoms with Crippen molar-refractivity contribution >= 4 is 36.3 Å². The second-order valence-corrected chi connectivity index (χ2v) is 11.6. The Hall–Kier alpha value is -2.46. The molecule has 0 bridgehead atoms. The van der Waals surface area contributed by atoms with Gasteiger partial charge in [0.25, 0.3) is 0 Å². The monoisotopic (exact) mass is 537 g/mol. The molecule has 0 unspecified atom stereocenters. The van der Waals surface area contributed by atoms with Crippen molar-refractivity contribution in [1.82, 2.24) is 4.90 Å². The number of rotatable bonds is 10. The maximum absolute atomic E-state index is 13.6. The molecule has 5 rings (SSSR count). The summed E-state index contributed by atoms with van der Waals surface area (Å²) < 4.78 is 11.8. The van der Waals surface area contributed by atoms with E-state index in [2.05, 4.69) is 13.8 Å². The highest BCUT2D eigenvalue weighted by Gasteiger charge is 2.57. The fraction of sp³-hybridized carbons (Fsp3) is 0.517. The predicted octanol–water partition coefficient (Wildman–Crippen LogP) is 5.20. The van der Waals surface area contributed by atoms with E-state index < -0.39 is 13.0 Å². The van der Waals surface area contributed by atoms with Crippen molar-refractivity contribution in [3.63, 3.8) is 0 Å². The molecule has 2 amide bonds. The molecule has 1 aliphatic carbocycles. The second kappa shape index (κ2) is 11.7. The van der Waals surface area contributed by atoms with Crippen LogP contribution in [0.5, 0.6) is 0 Å². The first-order chi connectivity index (χ1) is 18.4. The SMILES string of the molecule is CCC/C(=C\c1ccc(CO)o1)CC[C@H]1OB(O)C[C@H]2C1=C(CC)C[C@H]1C(=O)N(Cc3cccs3)C(=O)[C@H]12. The quantitative estimate of drug-likeness (QED) is 0.245. The number of carbonyl (C=O) groups is 2. The minimum absolute atomic E-state index is 0.0789. The number of imide groups is 1. The molecule has 3 aliphatic rings. The molecule has 0 radical (unpaired) electrons. The van der Waals surface area contributed by atoms with Gasteiger partial charge in [0, 0.05) is 4.88 Å². The van der Waals surface area contributed by atoms with Crippen molar-refractivity contribution in [1.29, 1.82) is 0 Å². The number of fused-ring (bicyclic) bond motifs is 3. The number of amides is 2. The van der Waals surface area contributed by atoms with Crippen molar-refractivity contribution in [3.8, 4) is 0 Å². The molecule has 0 saturated carbocycles. The Bertz CT molecular complexity index is 1220. The highest BCUT2D eigenvalue weighted by Crippen LogP contribution is 2.51. The number of allylic oxidation sites excluding steroid dienone is 2. The zero-order chi connectivity index (χ0) is 26.8. The third-order valence-corrected chi connectivity index (χ3v) is 9.06. The van der Waals surface area contributed by atoms with E-state index in [1.165, 1.54) is 16.0 Å². The fourth-order valence-corrected chi connectivity index (χ4v) is 7.24. The Morgan fingerprint density at radius 3 is 2.71 bits per heavy atom. The molecular formula is C29H36BNO6S. The van der Waals surface area contributed by atoms with Gasteiger partial charge in [-0.05, 0) is 79.6 Å². The summed E-state index contributed by atoms with van der Waals surface area (Å²) in [6, 6.07) is 7.53. The maximum Gasteiger partial charge on any atom is 0.455 e. The van der Waals surface area contributed by atoms with E-state index in [9.17, 15) is 19.7 Å². The lowest BCUT2D eigenvalue weighted by atomic mass is 9.58. The molecule has 38 heavy (non-hydrogen) atoms. The number of likely N-dealkylation sites (tertiary alicyclic amines) is 1. The Morgan fingerprint density at radius 1 is 1.18 bits per heavy atom. The number of aliphatic hydroxyl groups is 1. The van der Waals surface area contributed by atoms with Gasteiger partial charge >= 0.3 is 7.12 Å². The van der Waals surface area contributed by atoms with Crippen LogP contribution in [0.25, 0.3) is 6.08 Å². The predicted molar refractivity (Wildman–Crippen MR) is 147 cm³/mol. The number of hydrogen-bond acceptors (Lipinski definition) is 7. The van der Waals surface area contributed by atoms with Gasteiger partial charge in [-0.15, -0.1) is 11.3 Å². The summed E-state index contributed by atoms with van der Waals surface area (Å²) in [6.45, 7) is 4.43. The number of hydrogen-bond donors (Lipinski definition) is 2. The molecule has 202 valence electrons. The summed E-state index contributed by atoms with van der Waals surface area (Å²) >= 11 is 1.55. The number of carbonyl (C=O) groups excluding carboxylic acids is 2. The normalized spacial score (nSPS) is 25.8. The number of nitrogens with zero attached hydrogens (tertiary/aromatic N) is 1. The first-order valence-corrected chi connectivity index (χ1v) is 14.6. The second-order valence-electron chi connectivity index (χ2n) is 10.6. The summed E-state index contributed by atoms with van der Waals surface area (Å²) in [5.74, 6) is 0.0968. The molecule has 4 atom stereocenters. The summed E-state index contributed by atoms with van der Waals surface area (Å²) in [7, 11) is -0.962. The van der Waals surface area contributed by atoms with E-state index in [1.54, 1.807) is 17.4 Å². The van der Waals surface area contributed by atoms with Gasteiger partial charge in [-0.2, -0.15) is 0 Å². The molecule has 9 heteroatoms. The smallest absolute Gasteiger partial charge is 0.455 e. The van der Waals surface area contributed by atoms with Crippen molar-refractivity contribution in [2.24, 2.45) is 17.8 Å². The summed E-state index contributed by atoms with van der Waals surface area (Å²) in [4.78, 5) is 29.5. The first-order valence-electron chi connectivity index (χ1n) is 13.7. The van der Waals surface area contributed by atoms with Gasteiger partial charge < -0.3 is 19.2 Å². The van der Waals surface area contributed by atoms with Crippen molar-refractivity contribution < 1.29 is 28.8 Å². The van der Waals surface area contributed by atoms with E-state index in [0.29, 0.717) is 31.5 Å². The molecule has 4 heterocycles. The lowest BCUT2D eigenvalue weighted by Crippen LogP contribution is -2.46. The standard InChI is InChI=1S/C29H36BNO6S/c1-3-6-18(13-20-9-10-21(17-32)36-20)8-11-25-26-19(4-2)14-23-27(24(26)15-30(35)37-25)29(34)31(28(23)33)16-22-7-5-12-38-22/h5,7,9-10,12-13,23-25,27,32,35H,3-4,6,8,11,14-17H2,1-2H3/b18-13+/t23-,24+,25-,27-/m1/s1. The number of furan rings is 1. The summed E-state index contributed by atoms with van der Waals surface area (Å²) in [5.41, 5.74) is 3.55. The molecule has 2 N–H and O–H groups in total. The lowest BCUT2D eigenvalue weighted by molar-refractivity contribution is -0.140. The van der Waals surface area contributed by atoms with Crippen LogP contribution in [-0.2, 0) is 27.4 Å². The topological polar surface area (TPSA) is 100 Å². The Balaban J connectivity index is 1.38. The minimum atomic E-state index is -0.962. The van der Waals surface area contributed by atoms with Gasteiger partial charge in [-0.25, -0.2) is 0 Å². The van der Waals surface area contributed by atoms with Crippen LogP contribution in [0.2, 0.25) is 6.32 Å². The Labute approximate surface area is 228 Å². The van der Waals surface area contributed by atoms with Gasteiger partial charge in [0.15, 0.2) is 0 Å². The molecular weight excluding hydrogens is 501 g/mol. The van der Waals surface area contributed by atoms with Crippen LogP contribution in [-0.4, -0.2) is 40.1 Å². The van der Waals surface area contributed by atoms with Crippen LogP contribution in [0.3, 0.4) is 0 Å². The van der Waals surface area contributed by atoms with E-state index >= 15 is 0 Å². The molecule has 2 aromatic heterocycles. The van der Waals surface area contributed by atoms with Gasteiger partial charge in [-0.3, -0.25) is 14.5 Å². The van der Waals surface area contributed by atoms with Gasteiger partial charge in [-0.1, -0.05) is 37.5 Å². The molecule has 0 aromatic carbocycles. The summed E-state index contributed by atoms with van der Waals surface area (Å²) in [6.07, 6.45) is 6.81. The van der Waals surface area contributed by atoms with Gasteiger partial charge in [0.1, 0.15) is 18.1 Å².